The van der Waals surface area contributed by atoms with Crippen LogP contribution in [0, 0.1) is 0 Å². The molecule has 0 aromatic heterocycles. The Bertz CT molecular complexity index is 597. The third kappa shape index (κ3) is 3.15. The normalized spacial score (nSPS) is 11.9. The zero-order chi connectivity index (χ0) is 14.7. The van der Waals surface area contributed by atoms with Crippen LogP contribution in [0.25, 0.3) is 0 Å². The van der Waals surface area contributed by atoms with Crippen molar-refractivity contribution < 1.29 is 10.2 Å². The quantitative estimate of drug-likeness (QED) is 0.747. The first-order valence-electron chi connectivity index (χ1n) is 6.53. The first-order valence-corrected chi connectivity index (χ1v) is 6.53. The molecule has 1 atom stereocenters. The van der Waals surface area contributed by atoms with E-state index in [0.717, 1.165) is 11.4 Å². The Morgan fingerprint density at radius 1 is 1.05 bits per heavy atom. The smallest absolute Gasteiger partial charge is 0.121 e. The molecule has 0 saturated carbocycles. The standard InChI is InChI=1S/C16H20N2O2/c1-11(15-10-14(19)7-8-16(15)20)17-12-5-4-6-13(9-12)18(2)3/h4-11,17,19-20H,1-3H3. The number of hydrogen-bond acceptors (Lipinski definition) is 4. The highest BCUT2D eigenvalue weighted by Gasteiger charge is 2.11. The molecule has 2 aromatic carbocycles. The first-order chi connectivity index (χ1) is 9.47. The van der Waals surface area contributed by atoms with Crippen LogP contribution in [0.15, 0.2) is 42.5 Å². The van der Waals surface area contributed by atoms with Crippen molar-refractivity contribution in [1.82, 2.24) is 0 Å². The summed E-state index contributed by atoms with van der Waals surface area (Å²) in [6.07, 6.45) is 0. The average Bonchev–Trinajstić information content (AvgIpc) is 2.41. The van der Waals surface area contributed by atoms with E-state index in [-0.39, 0.29) is 17.5 Å². The number of rotatable bonds is 4. The molecule has 0 aliphatic heterocycles. The maximum absolute atomic E-state index is 9.87. The van der Waals surface area contributed by atoms with Crippen LogP contribution in [0.1, 0.15) is 18.5 Å². The third-order valence-electron chi connectivity index (χ3n) is 3.22. The summed E-state index contributed by atoms with van der Waals surface area (Å²) in [6.45, 7) is 1.94. The van der Waals surface area contributed by atoms with Gasteiger partial charge >= 0.3 is 0 Å². The lowest BCUT2D eigenvalue weighted by Gasteiger charge is -2.19. The van der Waals surface area contributed by atoms with Crippen molar-refractivity contribution in [2.45, 2.75) is 13.0 Å². The van der Waals surface area contributed by atoms with E-state index in [9.17, 15) is 10.2 Å². The van der Waals surface area contributed by atoms with Crippen molar-refractivity contribution in [1.29, 1.82) is 0 Å². The number of nitrogens with one attached hydrogen (secondary N) is 1. The number of anilines is 2. The highest BCUT2D eigenvalue weighted by Crippen LogP contribution is 2.30. The van der Waals surface area contributed by atoms with Crippen molar-refractivity contribution in [3.63, 3.8) is 0 Å². The van der Waals surface area contributed by atoms with Gasteiger partial charge in [0.15, 0.2) is 0 Å². The Morgan fingerprint density at radius 2 is 1.80 bits per heavy atom. The van der Waals surface area contributed by atoms with E-state index in [1.807, 2.05) is 50.2 Å². The lowest BCUT2D eigenvalue weighted by atomic mass is 10.1. The number of hydrogen-bond donors (Lipinski definition) is 3. The molecule has 4 heteroatoms. The molecule has 4 nitrogen and oxygen atoms in total. The molecule has 0 aliphatic carbocycles. The van der Waals surface area contributed by atoms with Crippen LogP contribution >= 0.6 is 0 Å². The van der Waals surface area contributed by atoms with Crippen LogP contribution in [0.4, 0.5) is 11.4 Å². The summed E-state index contributed by atoms with van der Waals surface area (Å²) in [6, 6.07) is 12.5. The van der Waals surface area contributed by atoms with E-state index in [1.54, 1.807) is 6.07 Å². The zero-order valence-electron chi connectivity index (χ0n) is 12.0. The van der Waals surface area contributed by atoms with Crippen molar-refractivity contribution >= 4 is 11.4 Å². The second-order valence-electron chi connectivity index (χ2n) is 5.05. The highest BCUT2D eigenvalue weighted by atomic mass is 16.3. The van der Waals surface area contributed by atoms with Gasteiger partial charge in [0.05, 0.1) is 6.04 Å². The van der Waals surface area contributed by atoms with Crippen LogP contribution in [0.5, 0.6) is 11.5 Å². The summed E-state index contributed by atoms with van der Waals surface area (Å²) in [5.74, 6) is 0.319. The molecular weight excluding hydrogens is 252 g/mol. The van der Waals surface area contributed by atoms with Gasteiger partial charge < -0.3 is 20.4 Å². The van der Waals surface area contributed by atoms with Gasteiger partial charge in [-0.1, -0.05) is 6.07 Å². The number of phenols is 2. The van der Waals surface area contributed by atoms with Gasteiger partial charge in [-0.3, -0.25) is 0 Å². The van der Waals surface area contributed by atoms with Gasteiger partial charge in [-0.25, -0.2) is 0 Å². The average molecular weight is 272 g/mol. The molecule has 0 spiro atoms. The molecule has 106 valence electrons. The SMILES string of the molecule is CC(Nc1cccc(N(C)C)c1)c1cc(O)ccc1O. The van der Waals surface area contributed by atoms with Crippen molar-refractivity contribution in [2.75, 3.05) is 24.3 Å². The molecule has 3 N–H and O–H groups in total. The van der Waals surface area contributed by atoms with E-state index < -0.39 is 0 Å². The van der Waals surface area contributed by atoms with Crippen LogP contribution in [-0.2, 0) is 0 Å². The number of benzene rings is 2. The van der Waals surface area contributed by atoms with Gasteiger partial charge in [0.1, 0.15) is 11.5 Å². The summed E-state index contributed by atoms with van der Waals surface area (Å²) in [5, 5.41) is 22.7. The lowest BCUT2D eigenvalue weighted by molar-refractivity contribution is 0.451. The summed E-state index contributed by atoms with van der Waals surface area (Å²) >= 11 is 0. The van der Waals surface area contributed by atoms with E-state index in [4.69, 9.17) is 0 Å². The molecule has 0 fully saturated rings. The Kier molecular flexibility index (Phi) is 4.03. The Hall–Kier alpha value is -2.36. The van der Waals surface area contributed by atoms with Gasteiger partial charge in [0.2, 0.25) is 0 Å². The molecule has 2 aromatic rings. The molecule has 20 heavy (non-hydrogen) atoms. The van der Waals surface area contributed by atoms with E-state index >= 15 is 0 Å². The predicted octanol–water partition coefficient (Wildman–Crippen LogP) is 3.34. The van der Waals surface area contributed by atoms with Gasteiger partial charge in [0, 0.05) is 31.0 Å². The van der Waals surface area contributed by atoms with E-state index in [0.29, 0.717) is 5.56 Å². The topological polar surface area (TPSA) is 55.7 Å². The highest BCUT2D eigenvalue weighted by molar-refractivity contribution is 5.58. The molecule has 0 saturated heterocycles. The minimum absolute atomic E-state index is 0.112. The van der Waals surface area contributed by atoms with Crippen LogP contribution < -0.4 is 10.2 Å². The van der Waals surface area contributed by atoms with Crippen molar-refractivity contribution in [2.24, 2.45) is 0 Å². The monoisotopic (exact) mass is 272 g/mol. The lowest BCUT2D eigenvalue weighted by Crippen LogP contribution is -2.10. The summed E-state index contributed by atoms with van der Waals surface area (Å²) in [4.78, 5) is 2.03. The number of phenolic OH excluding ortho intramolecular Hbond substituents is 2. The summed E-state index contributed by atoms with van der Waals surface area (Å²) in [7, 11) is 3.98. The maximum atomic E-state index is 9.87. The van der Waals surface area contributed by atoms with Crippen molar-refractivity contribution in [3.05, 3.63) is 48.0 Å². The zero-order valence-corrected chi connectivity index (χ0v) is 12.0. The molecule has 0 radical (unpaired) electrons. The molecule has 0 bridgehead atoms. The Labute approximate surface area is 119 Å². The summed E-state index contributed by atoms with van der Waals surface area (Å²) < 4.78 is 0. The molecular formula is C16H20N2O2. The molecule has 2 rings (SSSR count). The number of aromatic hydroxyl groups is 2. The fraction of sp³-hybridized carbons (Fsp3) is 0.250. The molecule has 1 unspecified atom stereocenters. The van der Waals surface area contributed by atoms with Gasteiger partial charge in [-0.15, -0.1) is 0 Å². The van der Waals surface area contributed by atoms with Gasteiger partial charge in [-0.2, -0.15) is 0 Å². The predicted molar refractivity (Wildman–Crippen MR) is 82.6 cm³/mol. The van der Waals surface area contributed by atoms with Crippen LogP contribution in [0.3, 0.4) is 0 Å². The largest absolute Gasteiger partial charge is 0.508 e. The Balaban J connectivity index is 2.21. The van der Waals surface area contributed by atoms with E-state index in [1.165, 1.54) is 12.1 Å². The van der Waals surface area contributed by atoms with Crippen molar-refractivity contribution in [3.8, 4) is 11.5 Å². The maximum Gasteiger partial charge on any atom is 0.121 e. The first kappa shape index (κ1) is 14.1. The summed E-state index contributed by atoms with van der Waals surface area (Å²) in [5.41, 5.74) is 2.73. The van der Waals surface area contributed by atoms with Crippen LogP contribution in [0.2, 0.25) is 0 Å². The van der Waals surface area contributed by atoms with Gasteiger partial charge in [0.25, 0.3) is 0 Å². The fourth-order valence-corrected chi connectivity index (χ4v) is 2.09. The molecule has 0 heterocycles. The molecule has 0 amide bonds. The Morgan fingerprint density at radius 3 is 2.50 bits per heavy atom. The van der Waals surface area contributed by atoms with Crippen LogP contribution in [-0.4, -0.2) is 24.3 Å². The molecule has 0 aliphatic rings. The van der Waals surface area contributed by atoms with E-state index in [2.05, 4.69) is 5.32 Å². The fourth-order valence-electron chi connectivity index (χ4n) is 2.09. The minimum Gasteiger partial charge on any atom is -0.508 e. The third-order valence-corrected chi connectivity index (χ3v) is 3.22. The van der Waals surface area contributed by atoms with Gasteiger partial charge in [-0.05, 0) is 43.3 Å². The second kappa shape index (κ2) is 5.74. The number of nitrogens with zero attached hydrogens (tertiary/aromatic N) is 1. The second-order valence-corrected chi connectivity index (χ2v) is 5.05. The minimum atomic E-state index is -0.112.